The van der Waals surface area contributed by atoms with E-state index in [-0.39, 0.29) is 17.3 Å². The molecule has 1 heterocycles. The van der Waals surface area contributed by atoms with Crippen molar-refractivity contribution in [1.29, 1.82) is 0 Å². The predicted octanol–water partition coefficient (Wildman–Crippen LogP) is 0.0996. The normalized spacial score (nSPS) is 17.2. The summed E-state index contributed by atoms with van der Waals surface area (Å²) >= 11 is 0. The van der Waals surface area contributed by atoms with Gasteiger partial charge in [-0.15, -0.1) is 0 Å². The minimum Gasteiger partial charge on any atom is -0.355 e. The van der Waals surface area contributed by atoms with E-state index in [1.165, 1.54) is 4.31 Å². The smallest absolute Gasteiger partial charge is 0.244 e. The summed E-state index contributed by atoms with van der Waals surface area (Å²) in [5.41, 5.74) is 4.37. The predicted molar refractivity (Wildman–Crippen MR) is 80.1 cm³/mol. The van der Waals surface area contributed by atoms with E-state index in [4.69, 9.17) is 5.84 Å². The average Bonchev–Trinajstić information content (AvgIpc) is 2.62. The van der Waals surface area contributed by atoms with Crippen molar-refractivity contribution >= 4 is 21.6 Å². The van der Waals surface area contributed by atoms with E-state index in [0.29, 0.717) is 36.3 Å². The van der Waals surface area contributed by atoms with Gasteiger partial charge < -0.3 is 10.7 Å². The monoisotopic (exact) mass is 312 g/mol. The summed E-state index contributed by atoms with van der Waals surface area (Å²) in [4.78, 5) is 11.8. The number of carbonyl (C=O) groups is 1. The van der Waals surface area contributed by atoms with Gasteiger partial charge in [-0.25, -0.2) is 8.42 Å². The topological polar surface area (TPSA) is 105 Å². The zero-order valence-electron chi connectivity index (χ0n) is 12.1. The van der Waals surface area contributed by atoms with Crippen LogP contribution in [0.25, 0.3) is 0 Å². The second-order valence-electron chi connectivity index (χ2n) is 5.13. The summed E-state index contributed by atoms with van der Waals surface area (Å²) < 4.78 is 26.9. The third-order valence-electron chi connectivity index (χ3n) is 3.45. The minimum atomic E-state index is -3.70. The number of nitrogen functional groups attached to an aromatic ring is 1. The van der Waals surface area contributed by atoms with Crippen LogP contribution >= 0.6 is 0 Å². The minimum absolute atomic E-state index is 0.141. The number of sulfonamides is 1. The van der Waals surface area contributed by atoms with Gasteiger partial charge in [-0.2, -0.15) is 4.31 Å². The lowest BCUT2D eigenvalue weighted by molar-refractivity contribution is -0.120. The first-order valence-corrected chi connectivity index (χ1v) is 8.15. The van der Waals surface area contributed by atoms with Crippen LogP contribution in [0, 0.1) is 13.8 Å². The highest BCUT2D eigenvalue weighted by Gasteiger charge is 2.30. The summed E-state index contributed by atoms with van der Waals surface area (Å²) in [6.07, 6.45) is 0.603. The first-order valence-electron chi connectivity index (χ1n) is 6.71. The molecular formula is C13H20N4O3S. The SMILES string of the molecule is Cc1cc(NN)cc(C)c1S(=O)(=O)N1CCCNC(=O)C1. The van der Waals surface area contributed by atoms with Gasteiger partial charge >= 0.3 is 0 Å². The molecule has 0 radical (unpaired) electrons. The fourth-order valence-corrected chi connectivity index (χ4v) is 4.40. The molecule has 1 fully saturated rings. The maximum absolute atomic E-state index is 12.8. The molecule has 0 spiro atoms. The van der Waals surface area contributed by atoms with Crippen molar-refractivity contribution in [2.75, 3.05) is 25.1 Å². The van der Waals surface area contributed by atoms with Crippen LogP contribution in [0.15, 0.2) is 17.0 Å². The van der Waals surface area contributed by atoms with Crippen molar-refractivity contribution < 1.29 is 13.2 Å². The molecule has 21 heavy (non-hydrogen) atoms. The first kappa shape index (κ1) is 15.7. The Balaban J connectivity index is 2.46. The molecule has 0 atom stereocenters. The van der Waals surface area contributed by atoms with Gasteiger partial charge in [-0.3, -0.25) is 10.6 Å². The number of nitrogens with zero attached hydrogens (tertiary/aromatic N) is 1. The number of hydrogen-bond acceptors (Lipinski definition) is 5. The Morgan fingerprint density at radius 3 is 2.48 bits per heavy atom. The van der Waals surface area contributed by atoms with Gasteiger partial charge in [0.15, 0.2) is 0 Å². The molecule has 1 aliphatic heterocycles. The Labute approximate surface area is 124 Å². The molecular weight excluding hydrogens is 292 g/mol. The molecule has 0 aliphatic carbocycles. The Kier molecular flexibility index (Phi) is 4.50. The molecule has 0 bridgehead atoms. The van der Waals surface area contributed by atoms with E-state index in [1.807, 2.05) is 0 Å². The quantitative estimate of drug-likeness (QED) is 0.542. The van der Waals surface area contributed by atoms with E-state index in [9.17, 15) is 13.2 Å². The number of carbonyl (C=O) groups excluding carboxylic acids is 1. The van der Waals surface area contributed by atoms with Gasteiger partial charge in [0.05, 0.1) is 11.4 Å². The molecule has 2 rings (SSSR count). The lowest BCUT2D eigenvalue weighted by Crippen LogP contribution is -2.37. The summed E-state index contributed by atoms with van der Waals surface area (Å²) in [7, 11) is -3.70. The Morgan fingerprint density at radius 1 is 1.29 bits per heavy atom. The Bertz CT molecular complexity index is 634. The number of hydrogen-bond donors (Lipinski definition) is 3. The number of nitrogens with one attached hydrogen (secondary N) is 2. The van der Waals surface area contributed by atoms with Crippen molar-refractivity contribution in [2.24, 2.45) is 5.84 Å². The molecule has 0 unspecified atom stereocenters. The fraction of sp³-hybridized carbons (Fsp3) is 0.462. The first-order chi connectivity index (χ1) is 9.86. The summed E-state index contributed by atoms with van der Waals surface area (Å²) in [5, 5.41) is 2.67. The third-order valence-corrected chi connectivity index (χ3v) is 5.60. The largest absolute Gasteiger partial charge is 0.355 e. The molecule has 7 nitrogen and oxygen atoms in total. The number of anilines is 1. The van der Waals surface area contributed by atoms with Crippen molar-refractivity contribution in [3.63, 3.8) is 0 Å². The van der Waals surface area contributed by atoms with Crippen molar-refractivity contribution in [3.8, 4) is 0 Å². The van der Waals surface area contributed by atoms with Crippen LogP contribution in [-0.2, 0) is 14.8 Å². The fourth-order valence-electron chi connectivity index (χ4n) is 2.55. The maximum Gasteiger partial charge on any atom is 0.244 e. The Hall–Kier alpha value is -1.64. The third kappa shape index (κ3) is 3.17. The number of aryl methyl sites for hydroxylation is 2. The number of hydrazine groups is 1. The number of benzene rings is 1. The van der Waals surface area contributed by atoms with Crippen molar-refractivity contribution in [1.82, 2.24) is 9.62 Å². The number of rotatable bonds is 3. The molecule has 1 amide bonds. The summed E-state index contributed by atoms with van der Waals surface area (Å²) in [5.74, 6) is 5.09. The molecule has 0 aromatic heterocycles. The highest BCUT2D eigenvalue weighted by molar-refractivity contribution is 7.89. The standard InChI is InChI=1S/C13H20N4O3S/c1-9-6-11(16-14)7-10(2)13(9)21(19,20)17-5-3-4-15-12(18)8-17/h6-7,16H,3-5,8,14H2,1-2H3,(H,15,18). The molecule has 8 heteroatoms. The van der Waals surface area contributed by atoms with Crippen LogP contribution in [0.1, 0.15) is 17.5 Å². The number of amides is 1. The van der Waals surface area contributed by atoms with Crippen LogP contribution < -0.4 is 16.6 Å². The summed E-state index contributed by atoms with van der Waals surface area (Å²) in [6.45, 7) is 4.13. The van der Waals surface area contributed by atoms with Gasteiger partial charge in [0, 0.05) is 18.8 Å². The van der Waals surface area contributed by atoms with Crippen LogP contribution in [-0.4, -0.2) is 38.3 Å². The second-order valence-corrected chi connectivity index (χ2v) is 7.00. The Morgan fingerprint density at radius 2 is 1.90 bits per heavy atom. The van der Waals surface area contributed by atoms with Gasteiger partial charge in [0.2, 0.25) is 15.9 Å². The maximum atomic E-state index is 12.8. The molecule has 1 aromatic rings. The van der Waals surface area contributed by atoms with Gasteiger partial charge in [0.1, 0.15) is 0 Å². The lowest BCUT2D eigenvalue weighted by atomic mass is 10.1. The molecule has 1 saturated heterocycles. The van der Waals surface area contributed by atoms with E-state index in [0.717, 1.165) is 0 Å². The second kappa shape index (κ2) is 6.00. The molecule has 1 aromatic carbocycles. The number of nitrogens with two attached hydrogens (primary N) is 1. The zero-order valence-corrected chi connectivity index (χ0v) is 13.0. The lowest BCUT2D eigenvalue weighted by Gasteiger charge is -2.22. The van der Waals surface area contributed by atoms with Crippen LogP contribution in [0.2, 0.25) is 0 Å². The highest BCUT2D eigenvalue weighted by Crippen LogP contribution is 2.27. The summed E-state index contributed by atoms with van der Waals surface area (Å²) in [6, 6.07) is 3.36. The van der Waals surface area contributed by atoms with E-state index >= 15 is 0 Å². The van der Waals surface area contributed by atoms with Crippen molar-refractivity contribution in [3.05, 3.63) is 23.3 Å². The van der Waals surface area contributed by atoms with Gasteiger partial charge in [-0.1, -0.05) is 0 Å². The molecule has 4 N–H and O–H groups in total. The van der Waals surface area contributed by atoms with Gasteiger partial charge in [0.25, 0.3) is 0 Å². The van der Waals surface area contributed by atoms with Crippen molar-refractivity contribution in [2.45, 2.75) is 25.2 Å². The van der Waals surface area contributed by atoms with Gasteiger partial charge in [-0.05, 0) is 43.5 Å². The van der Waals surface area contributed by atoms with Crippen LogP contribution in [0.5, 0.6) is 0 Å². The molecule has 1 aliphatic rings. The highest BCUT2D eigenvalue weighted by atomic mass is 32.2. The van der Waals surface area contributed by atoms with Crippen LogP contribution in [0.3, 0.4) is 0 Å². The average molecular weight is 312 g/mol. The molecule has 0 saturated carbocycles. The molecule has 116 valence electrons. The van der Waals surface area contributed by atoms with E-state index in [2.05, 4.69) is 10.7 Å². The van der Waals surface area contributed by atoms with E-state index < -0.39 is 10.0 Å². The van der Waals surface area contributed by atoms with Crippen LogP contribution in [0.4, 0.5) is 5.69 Å². The van der Waals surface area contributed by atoms with E-state index in [1.54, 1.807) is 26.0 Å². The zero-order chi connectivity index (χ0) is 15.6.